The number of hydrogen-bond donors (Lipinski definition) is 5. The highest BCUT2D eigenvalue weighted by Crippen LogP contribution is 1.97. The Kier molecular flexibility index (Phi) is 9.72. The molecule has 0 spiro atoms. The van der Waals surface area contributed by atoms with Gasteiger partial charge < -0.3 is 32.3 Å². The molecule has 2 amide bonds. The van der Waals surface area contributed by atoms with Crippen molar-refractivity contribution in [2.45, 2.75) is 25.3 Å². The van der Waals surface area contributed by atoms with Crippen LogP contribution in [0.1, 0.15) is 19.3 Å². The summed E-state index contributed by atoms with van der Waals surface area (Å²) >= 11 is 0. The summed E-state index contributed by atoms with van der Waals surface area (Å²) in [6.07, 6.45) is 1.54. The number of nitrogens with one attached hydrogen (secondary N) is 3. The molecule has 1 unspecified atom stereocenters. The Balaban J connectivity index is 2.37. The van der Waals surface area contributed by atoms with E-state index in [1.807, 2.05) is 0 Å². The molecule has 0 saturated carbocycles. The zero-order valence-corrected chi connectivity index (χ0v) is 13.3. The normalized spacial score (nSPS) is 22.5. The predicted molar refractivity (Wildman–Crippen MR) is 86.2 cm³/mol. The molecule has 0 aromatic heterocycles. The first-order chi connectivity index (χ1) is 10.6. The predicted octanol–water partition coefficient (Wildman–Crippen LogP) is -2.42. The van der Waals surface area contributed by atoms with E-state index in [4.69, 9.17) is 11.5 Å². The molecule has 1 atom stereocenters. The van der Waals surface area contributed by atoms with E-state index in [9.17, 15) is 9.59 Å². The van der Waals surface area contributed by atoms with Crippen LogP contribution in [-0.4, -0.2) is 75.1 Å². The summed E-state index contributed by atoms with van der Waals surface area (Å²) in [5.41, 5.74) is 10.4. The van der Waals surface area contributed by atoms with Crippen molar-refractivity contribution in [3.63, 3.8) is 0 Å². The molecule has 1 aliphatic rings. The first-order valence-corrected chi connectivity index (χ1v) is 8.01. The molecule has 0 aliphatic carbocycles. The highest BCUT2D eigenvalue weighted by molar-refractivity contribution is 5.74. The lowest BCUT2D eigenvalue weighted by Gasteiger charge is -2.25. The van der Waals surface area contributed by atoms with Crippen LogP contribution in [0.3, 0.4) is 0 Å². The second kappa shape index (κ2) is 11.4. The molecule has 8 heteroatoms. The molecule has 0 aromatic carbocycles. The molecule has 0 radical (unpaired) electrons. The summed E-state index contributed by atoms with van der Waals surface area (Å²) in [5.74, 6) is -0.522. The molecule has 22 heavy (non-hydrogen) atoms. The lowest BCUT2D eigenvalue weighted by molar-refractivity contribution is -0.119. The van der Waals surface area contributed by atoms with Gasteiger partial charge in [-0.25, -0.2) is 0 Å². The number of amides is 2. The van der Waals surface area contributed by atoms with Gasteiger partial charge in [0.2, 0.25) is 11.8 Å². The summed E-state index contributed by atoms with van der Waals surface area (Å²) in [6, 6.07) is 0.243. The Morgan fingerprint density at radius 2 is 1.64 bits per heavy atom. The van der Waals surface area contributed by atoms with Crippen LogP contribution in [0.4, 0.5) is 0 Å². The molecular weight excluding hydrogens is 284 g/mol. The Morgan fingerprint density at radius 3 is 2.32 bits per heavy atom. The van der Waals surface area contributed by atoms with Gasteiger partial charge in [0.25, 0.3) is 0 Å². The highest BCUT2D eigenvalue weighted by atomic mass is 16.1. The monoisotopic (exact) mass is 314 g/mol. The summed E-state index contributed by atoms with van der Waals surface area (Å²) in [6.45, 7) is 6.72. The van der Waals surface area contributed by atoms with Crippen LogP contribution < -0.4 is 27.4 Å². The van der Waals surface area contributed by atoms with E-state index < -0.39 is 0 Å². The number of hydrogen-bond acceptors (Lipinski definition) is 6. The molecule has 1 aliphatic heterocycles. The summed E-state index contributed by atoms with van der Waals surface area (Å²) in [5, 5.41) is 10.2. The lowest BCUT2D eigenvalue weighted by Crippen LogP contribution is -2.46. The molecule has 1 fully saturated rings. The maximum absolute atomic E-state index is 10.9. The summed E-state index contributed by atoms with van der Waals surface area (Å²) in [4.78, 5) is 24.0. The van der Waals surface area contributed by atoms with Gasteiger partial charge in [-0.2, -0.15) is 0 Å². The van der Waals surface area contributed by atoms with Crippen molar-refractivity contribution in [1.29, 1.82) is 0 Å². The zero-order valence-electron chi connectivity index (χ0n) is 13.3. The average molecular weight is 314 g/mol. The number of primary amides is 2. The third kappa shape index (κ3) is 9.67. The van der Waals surface area contributed by atoms with Gasteiger partial charge in [0, 0.05) is 71.2 Å². The van der Waals surface area contributed by atoms with Gasteiger partial charge in [-0.05, 0) is 6.42 Å². The van der Waals surface area contributed by atoms with Crippen molar-refractivity contribution in [1.82, 2.24) is 20.9 Å². The van der Waals surface area contributed by atoms with Crippen LogP contribution >= 0.6 is 0 Å². The molecular formula is C14H30N6O2. The fourth-order valence-electron chi connectivity index (χ4n) is 2.44. The van der Waals surface area contributed by atoms with Crippen LogP contribution in [0.2, 0.25) is 0 Å². The SMILES string of the molecule is NC(=O)CCC1CNCCN(CCC(N)=O)CCNCCN1. The van der Waals surface area contributed by atoms with E-state index in [1.165, 1.54) is 0 Å². The Bertz CT molecular complexity index is 307. The standard InChI is InChI=1S/C14H30N6O2/c15-13(21)2-1-12-11-18-7-10-20(8-3-14(16)22)9-6-17-4-5-19-12/h12,17-19H,1-11H2,(H2,15,21)(H2,16,22). The smallest absolute Gasteiger partial charge is 0.218 e. The molecule has 1 saturated heterocycles. The third-order valence-corrected chi connectivity index (χ3v) is 3.75. The zero-order chi connectivity index (χ0) is 16.2. The molecule has 0 bridgehead atoms. The van der Waals surface area contributed by atoms with Gasteiger partial charge in [0.1, 0.15) is 0 Å². The van der Waals surface area contributed by atoms with Gasteiger partial charge in [-0.1, -0.05) is 0 Å². The quantitative estimate of drug-likeness (QED) is 0.371. The van der Waals surface area contributed by atoms with Gasteiger partial charge in [0.15, 0.2) is 0 Å². The van der Waals surface area contributed by atoms with E-state index in [-0.39, 0.29) is 17.9 Å². The first kappa shape index (κ1) is 18.8. The van der Waals surface area contributed by atoms with E-state index >= 15 is 0 Å². The molecule has 8 nitrogen and oxygen atoms in total. The fourth-order valence-corrected chi connectivity index (χ4v) is 2.44. The highest BCUT2D eigenvalue weighted by Gasteiger charge is 2.11. The van der Waals surface area contributed by atoms with Gasteiger partial charge in [0.05, 0.1) is 0 Å². The molecule has 128 valence electrons. The number of nitrogens with zero attached hydrogens (tertiary/aromatic N) is 1. The second-order valence-corrected chi connectivity index (χ2v) is 5.67. The van der Waals surface area contributed by atoms with Gasteiger partial charge in [-0.3, -0.25) is 9.59 Å². The minimum atomic E-state index is -0.261. The molecule has 0 aromatic rings. The van der Waals surface area contributed by atoms with Crippen molar-refractivity contribution in [3.05, 3.63) is 0 Å². The third-order valence-electron chi connectivity index (χ3n) is 3.75. The van der Waals surface area contributed by atoms with Crippen molar-refractivity contribution < 1.29 is 9.59 Å². The second-order valence-electron chi connectivity index (χ2n) is 5.67. The lowest BCUT2D eigenvalue weighted by atomic mass is 10.1. The summed E-state index contributed by atoms with van der Waals surface area (Å²) in [7, 11) is 0. The van der Waals surface area contributed by atoms with Crippen LogP contribution in [0.5, 0.6) is 0 Å². The summed E-state index contributed by atoms with van der Waals surface area (Å²) < 4.78 is 0. The number of carbonyl (C=O) groups is 2. The van der Waals surface area contributed by atoms with Crippen LogP contribution in [0, 0.1) is 0 Å². The minimum absolute atomic E-state index is 0.243. The fraction of sp³-hybridized carbons (Fsp3) is 0.857. The van der Waals surface area contributed by atoms with Crippen LogP contribution in [-0.2, 0) is 9.59 Å². The topological polar surface area (TPSA) is 126 Å². The average Bonchev–Trinajstić information content (AvgIpc) is 2.45. The minimum Gasteiger partial charge on any atom is -0.370 e. The molecule has 1 rings (SSSR count). The van der Waals surface area contributed by atoms with Crippen molar-refractivity contribution in [3.8, 4) is 0 Å². The Labute approximate surface area is 132 Å². The molecule has 7 N–H and O–H groups in total. The van der Waals surface area contributed by atoms with Gasteiger partial charge >= 0.3 is 0 Å². The Morgan fingerprint density at radius 1 is 0.955 bits per heavy atom. The van der Waals surface area contributed by atoms with E-state index in [2.05, 4.69) is 20.9 Å². The Hall–Kier alpha value is -1.22. The first-order valence-electron chi connectivity index (χ1n) is 8.01. The number of carbonyl (C=O) groups excluding carboxylic acids is 2. The van der Waals surface area contributed by atoms with Crippen LogP contribution in [0.15, 0.2) is 0 Å². The largest absolute Gasteiger partial charge is 0.370 e. The van der Waals surface area contributed by atoms with E-state index in [0.717, 1.165) is 52.2 Å². The van der Waals surface area contributed by atoms with Gasteiger partial charge in [-0.15, -0.1) is 0 Å². The van der Waals surface area contributed by atoms with Crippen LogP contribution in [0.25, 0.3) is 0 Å². The number of rotatable bonds is 6. The maximum Gasteiger partial charge on any atom is 0.218 e. The van der Waals surface area contributed by atoms with E-state index in [0.29, 0.717) is 19.4 Å². The van der Waals surface area contributed by atoms with Crippen molar-refractivity contribution in [2.75, 3.05) is 52.4 Å². The maximum atomic E-state index is 10.9. The molecule has 1 heterocycles. The van der Waals surface area contributed by atoms with E-state index in [1.54, 1.807) is 0 Å². The number of nitrogens with two attached hydrogens (primary N) is 2. The van der Waals surface area contributed by atoms with Crippen molar-refractivity contribution in [2.24, 2.45) is 11.5 Å². The van der Waals surface area contributed by atoms with Crippen molar-refractivity contribution >= 4 is 11.8 Å².